The molecule has 15 heavy (non-hydrogen) atoms. The fourth-order valence-corrected chi connectivity index (χ4v) is 2.74. The monoisotopic (exact) mass is 219 g/mol. The molecule has 1 heterocycles. The summed E-state index contributed by atoms with van der Waals surface area (Å²) in [6.07, 6.45) is 0. The Bertz CT molecular complexity index is 457. The van der Waals surface area contributed by atoms with E-state index < -0.39 is 0 Å². The van der Waals surface area contributed by atoms with Gasteiger partial charge in [0.1, 0.15) is 0 Å². The molecular formula is C13H17NS. The van der Waals surface area contributed by atoms with Crippen LogP contribution < -0.4 is 5.32 Å². The van der Waals surface area contributed by atoms with Gasteiger partial charge in [-0.15, -0.1) is 11.3 Å². The van der Waals surface area contributed by atoms with Gasteiger partial charge in [-0.25, -0.2) is 0 Å². The van der Waals surface area contributed by atoms with Gasteiger partial charge in [0.25, 0.3) is 0 Å². The molecule has 0 aliphatic carbocycles. The highest BCUT2D eigenvalue weighted by atomic mass is 32.1. The van der Waals surface area contributed by atoms with Gasteiger partial charge in [0.2, 0.25) is 0 Å². The Morgan fingerprint density at radius 1 is 1.33 bits per heavy atom. The minimum absolute atomic E-state index is 0.552. The smallest absolute Gasteiger partial charge is 0.0348 e. The maximum absolute atomic E-state index is 3.45. The highest BCUT2D eigenvalue weighted by Gasteiger charge is 2.03. The van der Waals surface area contributed by atoms with E-state index in [9.17, 15) is 0 Å². The van der Waals surface area contributed by atoms with E-state index in [1.54, 1.807) is 0 Å². The second-order valence-electron chi connectivity index (χ2n) is 4.24. The predicted octanol–water partition coefficient (Wildman–Crippen LogP) is 3.71. The maximum Gasteiger partial charge on any atom is 0.0348 e. The number of fused-ring (bicyclic) bond motifs is 1. The molecule has 2 heteroatoms. The van der Waals surface area contributed by atoms with Crippen molar-refractivity contribution in [2.75, 3.05) is 0 Å². The molecule has 1 N–H and O–H groups in total. The van der Waals surface area contributed by atoms with Crippen molar-refractivity contribution in [2.45, 2.75) is 33.4 Å². The van der Waals surface area contributed by atoms with Crippen molar-refractivity contribution in [3.05, 3.63) is 34.7 Å². The molecule has 1 aromatic heterocycles. The maximum atomic E-state index is 3.45. The third-order valence-electron chi connectivity index (χ3n) is 2.52. The molecule has 1 aromatic carbocycles. The van der Waals surface area contributed by atoms with Crippen LogP contribution in [0.1, 0.15) is 24.3 Å². The molecule has 2 aromatic rings. The third kappa shape index (κ3) is 2.39. The van der Waals surface area contributed by atoms with E-state index in [2.05, 4.69) is 50.4 Å². The van der Waals surface area contributed by atoms with Gasteiger partial charge in [-0.3, -0.25) is 0 Å². The lowest BCUT2D eigenvalue weighted by Crippen LogP contribution is -2.21. The Balaban J connectivity index is 2.27. The number of aryl methyl sites for hydroxylation is 1. The van der Waals surface area contributed by atoms with Crippen LogP contribution in [0.25, 0.3) is 10.1 Å². The van der Waals surface area contributed by atoms with Crippen LogP contribution in [0.3, 0.4) is 0 Å². The largest absolute Gasteiger partial charge is 0.310 e. The summed E-state index contributed by atoms with van der Waals surface area (Å²) in [4.78, 5) is 1.42. The average molecular weight is 219 g/mol. The van der Waals surface area contributed by atoms with Crippen LogP contribution in [0.5, 0.6) is 0 Å². The lowest BCUT2D eigenvalue weighted by molar-refractivity contribution is 0.593. The van der Waals surface area contributed by atoms with Gasteiger partial charge in [-0.2, -0.15) is 0 Å². The first-order chi connectivity index (χ1) is 7.16. The zero-order valence-corrected chi connectivity index (χ0v) is 10.3. The minimum atomic E-state index is 0.552. The van der Waals surface area contributed by atoms with Gasteiger partial charge in [0.05, 0.1) is 0 Å². The van der Waals surface area contributed by atoms with Crippen molar-refractivity contribution < 1.29 is 0 Å². The van der Waals surface area contributed by atoms with Crippen LogP contribution in [0.15, 0.2) is 24.3 Å². The number of hydrogen-bond donors (Lipinski definition) is 1. The molecule has 2 rings (SSSR count). The highest BCUT2D eigenvalue weighted by molar-refractivity contribution is 7.19. The van der Waals surface area contributed by atoms with E-state index in [4.69, 9.17) is 0 Å². The van der Waals surface area contributed by atoms with Crippen molar-refractivity contribution in [3.8, 4) is 0 Å². The molecule has 0 aliphatic rings. The Morgan fingerprint density at radius 2 is 2.13 bits per heavy atom. The van der Waals surface area contributed by atoms with E-state index in [0.29, 0.717) is 6.04 Å². The number of nitrogens with one attached hydrogen (secondary N) is 1. The molecule has 0 saturated carbocycles. The van der Waals surface area contributed by atoms with E-state index in [1.165, 1.54) is 20.5 Å². The van der Waals surface area contributed by atoms with E-state index in [1.807, 2.05) is 11.3 Å². The topological polar surface area (TPSA) is 12.0 Å². The molecule has 0 unspecified atom stereocenters. The number of benzene rings is 1. The fraction of sp³-hybridized carbons (Fsp3) is 0.385. The zero-order valence-electron chi connectivity index (χ0n) is 9.50. The van der Waals surface area contributed by atoms with Crippen LogP contribution in [0.4, 0.5) is 0 Å². The summed E-state index contributed by atoms with van der Waals surface area (Å²) in [7, 11) is 0. The van der Waals surface area contributed by atoms with Crippen molar-refractivity contribution in [2.24, 2.45) is 0 Å². The molecule has 0 bridgehead atoms. The molecule has 0 amide bonds. The molecular weight excluding hydrogens is 202 g/mol. The number of hydrogen-bond acceptors (Lipinski definition) is 2. The molecule has 1 nitrogen and oxygen atoms in total. The Hall–Kier alpha value is -0.860. The molecule has 0 saturated heterocycles. The van der Waals surface area contributed by atoms with E-state index in [-0.39, 0.29) is 0 Å². The molecule has 80 valence electrons. The van der Waals surface area contributed by atoms with Gasteiger partial charge < -0.3 is 5.32 Å². The lowest BCUT2D eigenvalue weighted by atomic mass is 10.1. The quantitative estimate of drug-likeness (QED) is 0.830. The van der Waals surface area contributed by atoms with Crippen molar-refractivity contribution in [3.63, 3.8) is 0 Å². The molecule has 0 aliphatic heterocycles. The summed E-state index contributed by atoms with van der Waals surface area (Å²) < 4.78 is 1.40. The van der Waals surface area contributed by atoms with Gasteiger partial charge in [0, 0.05) is 22.2 Å². The van der Waals surface area contributed by atoms with Crippen LogP contribution in [-0.2, 0) is 6.54 Å². The van der Waals surface area contributed by atoms with Crippen LogP contribution in [-0.4, -0.2) is 6.04 Å². The SMILES string of the molecule is Cc1cccc2sc(CNC(C)C)cc12. The second kappa shape index (κ2) is 4.33. The molecule has 0 fully saturated rings. The normalized spacial score (nSPS) is 11.5. The first-order valence-electron chi connectivity index (χ1n) is 5.38. The summed E-state index contributed by atoms with van der Waals surface area (Å²) in [5.41, 5.74) is 1.37. The molecule has 0 radical (unpaired) electrons. The summed E-state index contributed by atoms with van der Waals surface area (Å²) >= 11 is 1.89. The summed E-state index contributed by atoms with van der Waals surface area (Å²) in [5.74, 6) is 0. The first kappa shape index (κ1) is 10.7. The number of thiophene rings is 1. The minimum Gasteiger partial charge on any atom is -0.310 e. The van der Waals surface area contributed by atoms with E-state index in [0.717, 1.165) is 6.54 Å². The van der Waals surface area contributed by atoms with Crippen LogP contribution in [0, 0.1) is 6.92 Å². The highest BCUT2D eigenvalue weighted by Crippen LogP contribution is 2.27. The second-order valence-corrected chi connectivity index (χ2v) is 5.40. The molecule has 0 atom stereocenters. The third-order valence-corrected chi connectivity index (χ3v) is 3.62. The number of rotatable bonds is 3. The Labute approximate surface area is 95.1 Å². The summed E-state index contributed by atoms with van der Waals surface area (Å²) in [5, 5.41) is 4.86. The standard InChI is InChI=1S/C13H17NS/c1-9(2)14-8-11-7-12-10(3)5-4-6-13(12)15-11/h4-7,9,14H,8H2,1-3H3. The van der Waals surface area contributed by atoms with Crippen molar-refractivity contribution in [1.29, 1.82) is 0 Å². The summed E-state index contributed by atoms with van der Waals surface area (Å²) in [6, 6.07) is 9.37. The Kier molecular flexibility index (Phi) is 3.08. The van der Waals surface area contributed by atoms with Crippen LogP contribution >= 0.6 is 11.3 Å². The van der Waals surface area contributed by atoms with E-state index >= 15 is 0 Å². The van der Waals surface area contributed by atoms with Crippen molar-refractivity contribution in [1.82, 2.24) is 5.32 Å². The average Bonchev–Trinajstić information content (AvgIpc) is 2.59. The van der Waals surface area contributed by atoms with Gasteiger partial charge in [-0.05, 0) is 30.0 Å². The summed E-state index contributed by atoms with van der Waals surface area (Å²) in [6.45, 7) is 7.52. The van der Waals surface area contributed by atoms with Crippen molar-refractivity contribution >= 4 is 21.4 Å². The van der Waals surface area contributed by atoms with Gasteiger partial charge >= 0.3 is 0 Å². The zero-order chi connectivity index (χ0) is 10.8. The van der Waals surface area contributed by atoms with Gasteiger partial charge in [0.15, 0.2) is 0 Å². The predicted molar refractivity (Wildman–Crippen MR) is 68.5 cm³/mol. The first-order valence-corrected chi connectivity index (χ1v) is 6.20. The Morgan fingerprint density at radius 3 is 2.80 bits per heavy atom. The van der Waals surface area contributed by atoms with Crippen LogP contribution in [0.2, 0.25) is 0 Å². The lowest BCUT2D eigenvalue weighted by Gasteiger charge is -2.04. The molecule has 0 spiro atoms. The fourth-order valence-electron chi connectivity index (χ4n) is 1.65. The van der Waals surface area contributed by atoms with Gasteiger partial charge in [-0.1, -0.05) is 26.0 Å².